The molecule has 2 heterocycles. The van der Waals surface area contributed by atoms with Crippen molar-refractivity contribution < 1.29 is 19.1 Å². The van der Waals surface area contributed by atoms with Gasteiger partial charge in [0.25, 0.3) is 5.91 Å². The number of hydrogen-bond donors (Lipinski definition) is 1. The van der Waals surface area contributed by atoms with E-state index in [1.165, 1.54) is 0 Å². The Morgan fingerprint density at radius 2 is 2.13 bits per heavy atom. The molecule has 3 rings (SSSR count). The van der Waals surface area contributed by atoms with E-state index in [0.29, 0.717) is 17.9 Å². The maximum atomic E-state index is 12.2. The van der Waals surface area contributed by atoms with Crippen LogP contribution in [0.5, 0.6) is 0 Å². The summed E-state index contributed by atoms with van der Waals surface area (Å²) < 4.78 is 5.10. The smallest absolute Gasteiger partial charge is 0.330 e. The van der Waals surface area contributed by atoms with Gasteiger partial charge < -0.3 is 15.0 Å². The molecule has 23 heavy (non-hydrogen) atoms. The number of nitrogens with zero attached hydrogens (tertiary/aromatic N) is 1. The molecule has 0 bridgehead atoms. The highest BCUT2D eigenvalue weighted by Crippen LogP contribution is 2.47. The molecule has 2 saturated heterocycles. The largest absolute Gasteiger partial charge is 0.454 e. The second kappa shape index (κ2) is 6.23. The first-order valence-electron chi connectivity index (χ1n) is 7.47. The fourth-order valence-electron chi connectivity index (χ4n) is 2.95. The van der Waals surface area contributed by atoms with Crippen LogP contribution in [0, 0.1) is 0 Å². The second-order valence-corrected chi connectivity index (χ2v) is 7.29. The van der Waals surface area contributed by atoms with E-state index in [0.717, 1.165) is 6.42 Å². The van der Waals surface area contributed by atoms with E-state index >= 15 is 0 Å². The van der Waals surface area contributed by atoms with Gasteiger partial charge in [0.15, 0.2) is 6.61 Å². The molecule has 1 aromatic rings. The van der Waals surface area contributed by atoms with Gasteiger partial charge in [0, 0.05) is 17.9 Å². The van der Waals surface area contributed by atoms with E-state index in [1.54, 1.807) is 40.9 Å². The standard InChI is InChI=1S/C16H18N2O4S/c1-16-8-7-14(20)18(16)12(10-23-16)15(21)22-9-13(19)17-11-5-3-2-4-6-11/h2-6,12H,7-10H2,1H3,(H,17,19)/t12-,16-/m1/s1. The van der Waals surface area contributed by atoms with Gasteiger partial charge in [-0.15, -0.1) is 11.8 Å². The van der Waals surface area contributed by atoms with Crippen molar-refractivity contribution in [3.63, 3.8) is 0 Å². The fourth-order valence-corrected chi connectivity index (χ4v) is 4.36. The van der Waals surface area contributed by atoms with E-state index in [9.17, 15) is 14.4 Å². The molecular weight excluding hydrogens is 316 g/mol. The molecule has 2 fully saturated rings. The van der Waals surface area contributed by atoms with Crippen LogP contribution in [0.1, 0.15) is 19.8 Å². The Morgan fingerprint density at radius 1 is 1.39 bits per heavy atom. The van der Waals surface area contributed by atoms with Crippen LogP contribution in [0.4, 0.5) is 5.69 Å². The molecule has 0 spiro atoms. The molecule has 7 heteroatoms. The highest BCUT2D eigenvalue weighted by atomic mass is 32.2. The molecule has 0 aromatic heterocycles. The van der Waals surface area contributed by atoms with Crippen LogP contribution >= 0.6 is 11.8 Å². The number of thioether (sulfide) groups is 1. The van der Waals surface area contributed by atoms with E-state index in [-0.39, 0.29) is 17.4 Å². The van der Waals surface area contributed by atoms with E-state index in [2.05, 4.69) is 5.32 Å². The van der Waals surface area contributed by atoms with E-state index in [1.807, 2.05) is 13.0 Å². The first kappa shape index (κ1) is 15.9. The zero-order valence-electron chi connectivity index (χ0n) is 12.8. The number of para-hydroxylation sites is 1. The minimum absolute atomic E-state index is 0.0202. The molecule has 0 saturated carbocycles. The summed E-state index contributed by atoms with van der Waals surface area (Å²) in [5, 5.41) is 2.65. The third kappa shape index (κ3) is 3.19. The monoisotopic (exact) mass is 334 g/mol. The Hall–Kier alpha value is -2.02. The Kier molecular flexibility index (Phi) is 4.30. The third-order valence-corrected chi connectivity index (χ3v) is 5.63. The number of carbonyl (C=O) groups is 3. The fraction of sp³-hybridized carbons (Fsp3) is 0.438. The van der Waals surface area contributed by atoms with Crippen LogP contribution < -0.4 is 5.32 Å². The molecule has 0 unspecified atom stereocenters. The Morgan fingerprint density at radius 3 is 2.87 bits per heavy atom. The Balaban J connectivity index is 1.54. The summed E-state index contributed by atoms with van der Waals surface area (Å²) in [6, 6.07) is 8.36. The second-order valence-electron chi connectivity index (χ2n) is 5.79. The topological polar surface area (TPSA) is 75.7 Å². The van der Waals surface area contributed by atoms with E-state index in [4.69, 9.17) is 4.74 Å². The Bertz CT molecular complexity index is 636. The minimum atomic E-state index is -0.593. The van der Waals surface area contributed by atoms with Gasteiger partial charge in [0.2, 0.25) is 5.91 Å². The lowest BCUT2D eigenvalue weighted by Crippen LogP contribution is -2.47. The number of amides is 2. The van der Waals surface area contributed by atoms with Crippen LogP contribution in [0.2, 0.25) is 0 Å². The number of hydrogen-bond acceptors (Lipinski definition) is 5. The highest BCUT2D eigenvalue weighted by molar-refractivity contribution is 8.01. The maximum Gasteiger partial charge on any atom is 0.330 e. The molecule has 2 atom stereocenters. The van der Waals surface area contributed by atoms with Crippen LogP contribution in [-0.4, -0.2) is 46.0 Å². The summed E-state index contributed by atoms with van der Waals surface area (Å²) in [6.45, 7) is 1.62. The number of esters is 1. The number of benzene rings is 1. The molecular formula is C16H18N2O4S. The molecule has 2 amide bonds. The van der Waals surface area contributed by atoms with Crippen molar-refractivity contribution in [3.8, 4) is 0 Å². The Labute approximate surface area is 138 Å². The van der Waals surface area contributed by atoms with Gasteiger partial charge in [-0.3, -0.25) is 9.59 Å². The average Bonchev–Trinajstić information content (AvgIpc) is 3.03. The van der Waals surface area contributed by atoms with Crippen molar-refractivity contribution in [3.05, 3.63) is 30.3 Å². The molecule has 2 aliphatic heterocycles. The van der Waals surface area contributed by atoms with Gasteiger partial charge >= 0.3 is 5.97 Å². The molecule has 0 radical (unpaired) electrons. The first-order valence-corrected chi connectivity index (χ1v) is 8.46. The number of ether oxygens (including phenoxy) is 1. The van der Waals surface area contributed by atoms with Crippen molar-refractivity contribution in [1.82, 2.24) is 4.90 Å². The predicted octanol–water partition coefficient (Wildman–Crippen LogP) is 1.62. The van der Waals surface area contributed by atoms with Crippen molar-refractivity contribution in [2.24, 2.45) is 0 Å². The van der Waals surface area contributed by atoms with Gasteiger partial charge in [-0.1, -0.05) is 18.2 Å². The lowest BCUT2D eigenvalue weighted by atomic mass is 10.2. The maximum absolute atomic E-state index is 12.2. The van der Waals surface area contributed by atoms with Gasteiger partial charge in [-0.05, 0) is 25.5 Å². The number of rotatable bonds is 4. The number of carbonyl (C=O) groups excluding carboxylic acids is 3. The lowest BCUT2D eigenvalue weighted by molar-refractivity contribution is -0.155. The van der Waals surface area contributed by atoms with Crippen LogP contribution in [0.15, 0.2) is 30.3 Å². The van der Waals surface area contributed by atoms with Gasteiger partial charge in [-0.25, -0.2) is 4.79 Å². The van der Waals surface area contributed by atoms with Crippen molar-refractivity contribution in [2.75, 3.05) is 17.7 Å². The van der Waals surface area contributed by atoms with Crippen molar-refractivity contribution >= 4 is 35.2 Å². The van der Waals surface area contributed by atoms with Crippen LogP contribution in [0.25, 0.3) is 0 Å². The summed E-state index contributed by atoms with van der Waals surface area (Å²) in [6.07, 6.45) is 1.20. The molecule has 2 aliphatic rings. The molecule has 1 N–H and O–H groups in total. The third-order valence-electron chi connectivity index (χ3n) is 4.12. The summed E-state index contributed by atoms with van der Waals surface area (Å²) in [7, 11) is 0. The van der Waals surface area contributed by atoms with Gasteiger partial charge in [0.05, 0.1) is 4.87 Å². The predicted molar refractivity (Wildman–Crippen MR) is 86.8 cm³/mol. The zero-order valence-corrected chi connectivity index (χ0v) is 13.6. The molecule has 6 nitrogen and oxygen atoms in total. The lowest BCUT2D eigenvalue weighted by Gasteiger charge is -2.29. The zero-order chi connectivity index (χ0) is 16.4. The van der Waals surface area contributed by atoms with E-state index < -0.39 is 17.9 Å². The van der Waals surface area contributed by atoms with Gasteiger partial charge in [0.1, 0.15) is 6.04 Å². The summed E-state index contributed by atoms with van der Waals surface area (Å²) in [5.74, 6) is -0.417. The quantitative estimate of drug-likeness (QED) is 0.847. The molecule has 0 aliphatic carbocycles. The van der Waals surface area contributed by atoms with Crippen LogP contribution in [0.3, 0.4) is 0 Å². The number of nitrogens with one attached hydrogen (secondary N) is 1. The number of fused-ring (bicyclic) bond motifs is 1. The normalized spacial score (nSPS) is 26.0. The van der Waals surface area contributed by atoms with Crippen molar-refractivity contribution in [2.45, 2.75) is 30.7 Å². The first-order chi connectivity index (χ1) is 11.0. The summed E-state index contributed by atoms with van der Waals surface area (Å²) in [5.41, 5.74) is 0.646. The van der Waals surface area contributed by atoms with Crippen molar-refractivity contribution in [1.29, 1.82) is 0 Å². The number of anilines is 1. The average molecular weight is 334 g/mol. The molecule has 1 aromatic carbocycles. The van der Waals surface area contributed by atoms with Crippen LogP contribution in [-0.2, 0) is 19.1 Å². The molecule has 122 valence electrons. The SMILES string of the molecule is C[C@@]12CCC(=O)N1[C@@H](C(=O)OCC(=O)Nc1ccccc1)CS2. The van der Waals surface area contributed by atoms with Gasteiger partial charge in [-0.2, -0.15) is 0 Å². The summed E-state index contributed by atoms with van der Waals surface area (Å²) in [4.78, 5) is 37.3. The highest BCUT2D eigenvalue weighted by Gasteiger charge is 2.53. The minimum Gasteiger partial charge on any atom is -0.454 e. The summed E-state index contributed by atoms with van der Waals surface area (Å²) >= 11 is 1.60.